The maximum Gasteiger partial charge on any atom is 0.105 e. The van der Waals surface area contributed by atoms with Crippen molar-refractivity contribution in [3.63, 3.8) is 0 Å². The molecule has 9 heavy (non-hydrogen) atoms. The van der Waals surface area contributed by atoms with Gasteiger partial charge >= 0.3 is 0 Å². The molecule has 2 atom stereocenters. The van der Waals surface area contributed by atoms with Crippen molar-refractivity contribution in [3.8, 4) is 0 Å². The van der Waals surface area contributed by atoms with Crippen LogP contribution >= 0.6 is 0 Å². The molecule has 0 radical (unpaired) electrons. The molecular weight excluding hydrogens is 122 g/mol. The van der Waals surface area contributed by atoms with E-state index in [0.29, 0.717) is 6.42 Å². The van der Waals surface area contributed by atoms with Crippen molar-refractivity contribution < 1.29 is 8.78 Å². The quantitative estimate of drug-likeness (QED) is 0.557. The van der Waals surface area contributed by atoms with Gasteiger partial charge in [-0.3, -0.25) is 4.39 Å². The van der Waals surface area contributed by atoms with Crippen molar-refractivity contribution in [2.45, 2.75) is 32.9 Å². The normalized spacial score (nSPS) is 17.3. The molecule has 0 heterocycles. The van der Waals surface area contributed by atoms with Gasteiger partial charge in [-0.05, 0) is 6.42 Å². The Morgan fingerprint density at radius 2 is 2.00 bits per heavy atom. The van der Waals surface area contributed by atoms with Crippen molar-refractivity contribution in [3.05, 3.63) is 0 Å². The van der Waals surface area contributed by atoms with Crippen LogP contribution < -0.4 is 0 Å². The largest absolute Gasteiger partial charge is 0.251 e. The fraction of sp³-hybridized carbons (Fsp3) is 1.00. The second kappa shape index (κ2) is 4.71. The Bertz CT molecular complexity index is 63.9. The third kappa shape index (κ3) is 3.44. The van der Waals surface area contributed by atoms with Gasteiger partial charge in [0.1, 0.15) is 6.17 Å². The molecule has 0 fully saturated rings. The summed E-state index contributed by atoms with van der Waals surface area (Å²) in [6.45, 7) is 2.96. The maximum absolute atomic E-state index is 12.6. The number of alkyl halides is 2. The van der Waals surface area contributed by atoms with Crippen molar-refractivity contribution in [1.82, 2.24) is 0 Å². The van der Waals surface area contributed by atoms with Gasteiger partial charge in [0, 0.05) is 5.92 Å². The summed E-state index contributed by atoms with van der Waals surface area (Å²) in [6.07, 6.45) is 0.344. The van der Waals surface area contributed by atoms with Crippen molar-refractivity contribution in [1.29, 1.82) is 0 Å². The van der Waals surface area contributed by atoms with Gasteiger partial charge in [0.05, 0.1) is 6.67 Å². The molecule has 0 aromatic heterocycles. The minimum atomic E-state index is -0.944. The highest BCUT2D eigenvalue weighted by Crippen LogP contribution is 2.12. The Hall–Kier alpha value is -0.140. The Balaban J connectivity index is 3.32. The summed E-state index contributed by atoms with van der Waals surface area (Å²) < 4.78 is 24.3. The highest BCUT2D eigenvalue weighted by atomic mass is 19.1. The fourth-order valence-electron chi connectivity index (χ4n) is 0.657. The molecule has 0 rings (SSSR count). The summed E-state index contributed by atoms with van der Waals surface area (Å²) in [5.41, 5.74) is 0. The Morgan fingerprint density at radius 3 is 2.33 bits per heavy atom. The molecule has 0 aliphatic carbocycles. The van der Waals surface area contributed by atoms with Crippen LogP contribution in [-0.2, 0) is 0 Å². The molecule has 0 nitrogen and oxygen atoms in total. The lowest BCUT2D eigenvalue weighted by atomic mass is 10.0. The summed E-state index contributed by atoms with van der Waals surface area (Å²) >= 11 is 0. The van der Waals surface area contributed by atoms with Gasteiger partial charge in [0.2, 0.25) is 0 Å². The van der Waals surface area contributed by atoms with Gasteiger partial charge in [-0.15, -0.1) is 0 Å². The molecule has 0 spiro atoms. The van der Waals surface area contributed by atoms with E-state index < -0.39 is 18.8 Å². The molecule has 0 aliphatic heterocycles. The number of halogens is 2. The average Bonchev–Trinajstić information content (AvgIpc) is 1.87. The SMILES string of the molecule is CCCC(F)C(C)CF. The minimum Gasteiger partial charge on any atom is -0.251 e. The first-order valence-electron chi connectivity index (χ1n) is 3.42. The van der Waals surface area contributed by atoms with Gasteiger partial charge in [-0.25, -0.2) is 4.39 Å². The molecule has 0 amide bonds. The van der Waals surface area contributed by atoms with E-state index in [1.807, 2.05) is 6.92 Å². The van der Waals surface area contributed by atoms with Crippen LogP contribution in [0.5, 0.6) is 0 Å². The lowest BCUT2D eigenvalue weighted by Gasteiger charge is -2.10. The van der Waals surface area contributed by atoms with Gasteiger partial charge in [0.15, 0.2) is 0 Å². The lowest BCUT2D eigenvalue weighted by Crippen LogP contribution is -2.13. The number of hydrogen-bond acceptors (Lipinski definition) is 0. The predicted molar refractivity (Wildman–Crippen MR) is 34.9 cm³/mol. The van der Waals surface area contributed by atoms with Crippen LogP contribution in [-0.4, -0.2) is 12.8 Å². The minimum absolute atomic E-state index is 0.412. The van der Waals surface area contributed by atoms with Gasteiger partial charge in [-0.2, -0.15) is 0 Å². The molecule has 0 bridgehead atoms. The first-order valence-corrected chi connectivity index (χ1v) is 3.42. The summed E-state index contributed by atoms with van der Waals surface area (Å²) in [4.78, 5) is 0. The third-order valence-electron chi connectivity index (χ3n) is 1.43. The molecule has 0 N–H and O–H groups in total. The number of hydrogen-bond donors (Lipinski definition) is 0. The standard InChI is InChI=1S/C7H14F2/c1-3-4-7(9)6(2)5-8/h6-7H,3-5H2,1-2H3. The first-order chi connectivity index (χ1) is 4.22. The second-order valence-electron chi connectivity index (χ2n) is 2.44. The Labute approximate surface area is 55.3 Å². The lowest BCUT2D eigenvalue weighted by molar-refractivity contribution is 0.193. The maximum atomic E-state index is 12.6. The van der Waals surface area contributed by atoms with Gasteiger partial charge < -0.3 is 0 Å². The van der Waals surface area contributed by atoms with E-state index in [-0.39, 0.29) is 0 Å². The van der Waals surface area contributed by atoms with E-state index in [1.165, 1.54) is 0 Å². The molecule has 0 saturated carbocycles. The van der Waals surface area contributed by atoms with Crippen molar-refractivity contribution >= 4 is 0 Å². The van der Waals surface area contributed by atoms with Gasteiger partial charge in [-0.1, -0.05) is 20.3 Å². The summed E-state index contributed by atoms with van der Waals surface area (Å²) in [6, 6.07) is 0. The van der Waals surface area contributed by atoms with Crippen LogP contribution in [0, 0.1) is 5.92 Å². The zero-order chi connectivity index (χ0) is 7.28. The Morgan fingerprint density at radius 1 is 1.44 bits per heavy atom. The van der Waals surface area contributed by atoms with Crippen LogP contribution in [0.15, 0.2) is 0 Å². The topological polar surface area (TPSA) is 0 Å². The van der Waals surface area contributed by atoms with E-state index in [0.717, 1.165) is 6.42 Å². The zero-order valence-electron chi connectivity index (χ0n) is 6.03. The van der Waals surface area contributed by atoms with E-state index >= 15 is 0 Å². The predicted octanol–water partition coefficient (Wildman–Crippen LogP) is 2.73. The third-order valence-corrected chi connectivity index (χ3v) is 1.43. The van der Waals surface area contributed by atoms with E-state index in [4.69, 9.17) is 0 Å². The molecule has 0 aromatic rings. The Kier molecular flexibility index (Phi) is 4.64. The zero-order valence-corrected chi connectivity index (χ0v) is 6.03. The molecule has 56 valence electrons. The highest BCUT2D eigenvalue weighted by molar-refractivity contribution is 4.62. The van der Waals surface area contributed by atoms with Crippen LogP contribution in [0.2, 0.25) is 0 Å². The highest BCUT2D eigenvalue weighted by Gasteiger charge is 2.13. The molecule has 0 saturated heterocycles. The second-order valence-corrected chi connectivity index (χ2v) is 2.44. The van der Waals surface area contributed by atoms with Crippen LogP contribution in [0.25, 0.3) is 0 Å². The number of rotatable bonds is 4. The van der Waals surface area contributed by atoms with Crippen LogP contribution in [0.4, 0.5) is 8.78 Å². The molecule has 2 heteroatoms. The molecule has 0 aromatic carbocycles. The van der Waals surface area contributed by atoms with Crippen molar-refractivity contribution in [2.75, 3.05) is 6.67 Å². The van der Waals surface area contributed by atoms with E-state index in [2.05, 4.69) is 0 Å². The summed E-state index contributed by atoms with van der Waals surface area (Å²) in [5, 5.41) is 0. The monoisotopic (exact) mass is 136 g/mol. The van der Waals surface area contributed by atoms with Crippen LogP contribution in [0.3, 0.4) is 0 Å². The van der Waals surface area contributed by atoms with Gasteiger partial charge in [0.25, 0.3) is 0 Å². The first kappa shape index (κ1) is 8.86. The molecule has 0 aliphatic rings. The summed E-state index contributed by atoms with van der Waals surface area (Å²) in [5.74, 6) is -0.412. The smallest absolute Gasteiger partial charge is 0.105 e. The molecule has 2 unspecified atom stereocenters. The van der Waals surface area contributed by atoms with Crippen molar-refractivity contribution in [2.24, 2.45) is 5.92 Å². The van der Waals surface area contributed by atoms with Crippen LogP contribution in [0.1, 0.15) is 26.7 Å². The molecular formula is C7H14F2. The van der Waals surface area contributed by atoms with E-state index in [9.17, 15) is 8.78 Å². The summed E-state index contributed by atoms with van der Waals surface area (Å²) in [7, 11) is 0. The van der Waals surface area contributed by atoms with E-state index in [1.54, 1.807) is 6.92 Å². The average molecular weight is 136 g/mol. The fourth-order valence-corrected chi connectivity index (χ4v) is 0.657.